The molecule has 0 spiro atoms. The fourth-order valence-electron chi connectivity index (χ4n) is 2.20. The first-order valence-electron chi connectivity index (χ1n) is 8.49. The van der Waals surface area contributed by atoms with Gasteiger partial charge in [0.05, 0.1) is 11.0 Å². The summed E-state index contributed by atoms with van der Waals surface area (Å²) in [6.07, 6.45) is 0.790. The molecule has 2 rings (SSSR count). The van der Waals surface area contributed by atoms with Gasteiger partial charge in [-0.15, -0.1) is 0 Å². The molecule has 0 aliphatic carbocycles. The summed E-state index contributed by atoms with van der Waals surface area (Å²) in [6, 6.07) is 12.9. The third-order valence-electron chi connectivity index (χ3n) is 3.45. The Morgan fingerprint density at radius 2 is 1.65 bits per heavy atom. The van der Waals surface area contributed by atoms with Crippen molar-refractivity contribution >= 4 is 21.6 Å². The topological polar surface area (TPSA) is 84.5 Å². The molecular weight excluding hydrogens is 352 g/mol. The van der Waals surface area contributed by atoms with Crippen molar-refractivity contribution in [2.45, 2.75) is 38.2 Å². The first-order chi connectivity index (χ1) is 12.3. The molecule has 0 fully saturated rings. The zero-order valence-corrected chi connectivity index (χ0v) is 16.0. The smallest absolute Gasteiger partial charge is 0.255 e. The van der Waals surface area contributed by atoms with Crippen LogP contribution in [0, 0.1) is 0 Å². The van der Waals surface area contributed by atoms with E-state index in [1.54, 1.807) is 24.3 Å². The maximum Gasteiger partial charge on any atom is 0.255 e. The summed E-state index contributed by atoms with van der Waals surface area (Å²) in [5.74, 6) is 0.417. The fourth-order valence-corrected chi connectivity index (χ4v) is 3.33. The van der Waals surface area contributed by atoms with E-state index in [1.807, 2.05) is 20.8 Å². The first kappa shape index (κ1) is 19.9. The maximum atomic E-state index is 12.3. The molecule has 0 aliphatic heterocycles. The summed E-state index contributed by atoms with van der Waals surface area (Å²) >= 11 is 0. The maximum absolute atomic E-state index is 12.3. The minimum Gasteiger partial charge on any atom is -0.491 e. The average molecular weight is 376 g/mol. The Kier molecular flexibility index (Phi) is 6.76. The van der Waals surface area contributed by atoms with Crippen LogP contribution in [0.4, 0.5) is 5.69 Å². The Bertz CT molecular complexity index is 829. The molecule has 0 bridgehead atoms. The molecule has 0 atom stereocenters. The van der Waals surface area contributed by atoms with Gasteiger partial charge in [-0.2, -0.15) is 0 Å². The van der Waals surface area contributed by atoms with Gasteiger partial charge in [-0.05, 0) is 68.8 Å². The Balaban J connectivity index is 2.04. The summed E-state index contributed by atoms with van der Waals surface area (Å²) in [6.45, 7) is 6.15. The van der Waals surface area contributed by atoms with Crippen molar-refractivity contribution in [3.8, 4) is 5.75 Å². The van der Waals surface area contributed by atoms with Crippen molar-refractivity contribution in [2.24, 2.45) is 0 Å². The Morgan fingerprint density at radius 1 is 1.04 bits per heavy atom. The van der Waals surface area contributed by atoms with Gasteiger partial charge in [-0.25, -0.2) is 13.1 Å². The molecule has 2 N–H and O–H groups in total. The number of hydrogen-bond donors (Lipinski definition) is 2. The number of carbonyl (C=O) groups excluding carboxylic acids is 1. The van der Waals surface area contributed by atoms with Crippen LogP contribution in [0.15, 0.2) is 53.4 Å². The molecule has 1 amide bonds. The fraction of sp³-hybridized carbons (Fsp3) is 0.316. The van der Waals surface area contributed by atoms with E-state index in [2.05, 4.69) is 10.0 Å². The first-order valence-corrected chi connectivity index (χ1v) is 9.98. The van der Waals surface area contributed by atoms with Crippen LogP contribution in [0.1, 0.15) is 37.6 Å². The standard InChI is InChI=1S/C19H24N2O4S/c1-4-13-20-26(23,24)18-11-5-15(6-12-18)19(22)21-16-7-9-17(10-8-16)25-14(2)3/h5-12,14,20H,4,13H2,1-3H3,(H,21,22). The normalized spacial score (nSPS) is 11.4. The summed E-state index contributed by atoms with van der Waals surface area (Å²) in [7, 11) is -3.53. The molecular formula is C19H24N2O4S. The summed E-state index contributed by atoms with van der Waals surface area (Å²) in [4.78, 5) is 12.4. The molecule has 0 heterocycles. The average Bonchev–Trinajstić information content (AvgIpc) is 2.61. The molecule has 2 aromatic rings. The number of sulfonamides is 1. The number of hydrogen-bond acceptors (Lipinski definition) is 4. The highest BCUT2D eigenvalue weighted by molar-refractivity contribution is 7.89. The van der Waals surface area contributed by atoms with Crippen LogP contribution in [0.25, 0.3) is 0 Å². The molecule has 140 valence electrons. The van der Waals surface area contributed by atoms with Gasteiger partial charge in [0.15, 0.2) is 0 Å². The van der Waals surface area contributed by atoms with Crippen LogP contribution in [0.2, 0.25) is 0 Å². The zero-order chi connectivity index (χ0) is 19.2. The number of carbonyl (C=O) groups is 1. The van der Waals surface area contributed by atoms with Crippen LogP contribution in [0.5, 0.6) is 5.75 Å². The molecule has 0 aromatic heterocycles. The van der Waals surface area contributed by atoms with Crippen LogP contribution in [-0.4, -0.2) is 27.0 Å². The highest BCUT2D eigenvalue weighted by Gasteiger charge is 2.14. The Labute approximate surface area is 154 Å². The van der Waals surface area contributed by atoms with Crippen LogP contribution in [-0.2, 0) is 10.0 Å². The van der Waals surface area contributed by atoms with E-state index in [-0.39, 0.29) is 16.9 Å². The summed E-state index contributed by atoms with van der Waals surface area (Å²) in [5.41, 5.74) is 1.01. The number of ether oxygens (including phenoxy) is 1. The van der Waals surface area contributed by atoms with Crippen molar-refractivity contribution in [3.63, 3.8) is 0 Å². The molecule has 0 unspecified atom stereocenters. The molecule has 26 heavy (non-hydrogen) atoms. The third-order valence-corrected chi connectivity index (χ3v) is 4.93. The monoisotopic (exact) mass is 376 g/mol. The molecule has 7 heteroatoms. The minimum atomic E-state index is -3.53. The van der Waals surface area contributed by atoms with E-state index in [0.29, 0.717) is 24.2 Å². The van der Waals surface area contributed by atoms with E-state index in [4.69, 9.17) is 4.74 Å². The van der Waals surface area contributed by atoms with Crippen molar-refractivity contribution < 1.29 is 17.9 Å². The molecule has 2 aromatic carbocycles. The second kappa shape index (κ2) is 8.82. The van der Waals surface area contributed by atoms with E-state index in [1.165, 1.54) is 24.3 Å². The second-order valence-electron chi connectivity index (χ2n) is 6.07. The Hall–Kier alpha value is -2.38. The van der Waals surface area contributed by atoms with Crippen molar-refractivity contribution in [3.05, 3.63) is 54.1 Å². The van der Waals surface area contributed by atoms with Gasteiger partial charge in [0.25, 0.3) is 5.91 Å². The lowest BCUT2D eigenvalue weighted by Gasteiger charge is -2.11. The lowest BCUT2D eigenvalue weighted by molar-refractivity contribution is 0.102. The molecule has 0 aliphatic rings. The zero-order valence-electron chi connectivity index (χ0n) is 15.2. The summed E-state index contributed by atoms with van der Waals surface area (Å²) in [5, 5.41) is 2.77. The molecule has 0 radical (unpaired) electrons. The highest BCUT2D eigenvalue weighted by Crippen LogP contribution is 2.18. The van der Waals surface area contributed by atoms with Gasteiger partial charge in [-0.1, -0.05) is 6.92 Å². The van der Waals surface area contributed by atoms with Crippen molar-refractivity contribution in [2.75, 3.05) is 11.9 Å². The lowest BCUT2D eigenvalue weighted by atomic mass is 10.2. The van der Waals surface area contributed by atoms with E-state index in [0.717, 1.165) is 5.75 Å². The molecule has 6 nitrogen and oxygen atoms in total. The van der Waals surface area contributed by atoms with Gasteiger partial charge < -0.3 is 10.1 Å². The number of amides is 1. The largest absolute Gasteiger partial charge is 0.491 e. The van der Waals surface area contributed by atoms with Gasteiger partial charge in [0.2, 0.25) is 10.0 Å². The number of anilines is 1. The van der Waals surface area contributed by atoms with Gasteiger partial charge in [0.1, 0.15) is 5.75 Å². The SMILES string of the molecule is CCCNS(=O)(=O)c1ccc(C(=O)Nc2ccc(OC(C)C)cc2)cc1. The van der Waals surface area contributed by atoms with Crippen molar-refractivity contribution in [1.82, 2.24) is 4.72 Å². The van der Waals surface area contributed by atoms with E-state index >= 15 is 0 Å². The predicted molar refractivity (Wildman–Crippen MR) is 102 cm³/mol. The molecule has 0 saturated heterocycles. The van der Waals surface area contributed by atoms with E-state index < -0.39 is 10.0 Å². The summed E-state index contributed by atoms with van der Waals surface area (Å²) < 4.78 is 32.1. The van der Waals surface area contributed by atoms with Crippen LogP contribution >= 0.6 is 0 Å². The quantitative estimate of drug-likeness (QED) is 0.739. The second-order valence-corrected chi connectivity index (χ2v) is 7.83. The Morgan fingerprint density at radius 3 is 2.19 bits per heavy atom. The van der Waals surface area contributed by atoms with Crippen LogP contribution in [0.3, 0.4) is 0 Å². The number of benzene rings is 2. The van der Waals surface area contributed by atoms with Gasteiger partial charge in [0, 0.05) is 17.8 Å². The predicted octanol–water partition coefficient (Wildman–Crippen LogP) is 3.41. The highest BCUT2D eigenvalue weighted by atomic mass is 32.2. The number of rotatable bonds is 8. The van der Waals surface area contributed by atoms with Crippen molar-refractivity contribution in [1.29, 1.82) is 0 Å². The lowest BCUT2D eigenvalue weighted by Crippen LogP contribution is -2.24. The van der Waals surface area contributed by atoms with E-state index in [9.17, 15) is 13.2 Å². The number of nitrogens with one attached hydrogen (secondary N) is 2. The van der Waals surface area contributed by atoms with Crippen LogP contribution < -0.4 is 14.8 Å². The van der Waals surface area contributed by atoms with Gasteiger partial charge >= 0.3 is 0 Å². The molecule has 0 saturated carbocycles. The minimum absolute atomic E-state index is 0.0806. The third kappa shape index (κ3) is 5.57. The van der Waals surface area contributed by atoms with Gasteiger partial charge in [-0.3, -0.25) is 4.79 Å².